The number of aliphatic hydroxyl groups excluding tert-OH is 1. The van der Waals surface area contributed by atoms with E-state index in [1.54, 1.807) is 17.0 Å². The van der Waals surface area contributed by atoms with Gasteiger partial charge in [-0.05, 0) is 40.6 Å². The number of H-pyrrole nitrogens is 1. The maximum absolute atomic E-state index is 13.0. The van der Waals surface area contributed by atoms with Gasteiger partial charge in [-0.15, -0.1) is 5.10 Å². The van der Waals surface area contributed by atoms with Crippen LogP contribution in [0.3, 0.4) is 0 Å². The molecule has 1 aromatic carbocycles. The Balaban J connectivity index is 1.48. The number of rotatable bonds is 9. The van der Waals surface area contributed by atoms with Gasteiger partial charge in [0.05, 0.1) is 24.4 Å². The zero-order valence-corrected chi connectivity index (χ0v) is 19.7. The highest BCUT2D eigenvalue weighted by Crippen LogP contribution is 2.34. The number of aliphatic hydroxyl groups is 1. The first-order valence-corrected chi connectivity index (χ1v) is 11.6. The molecule has 0 aliphatic carbocycles. The predicted octanol–water partition coefficient (Wildman–Crippen LogP) is 2.12. The van der Waals surface area contributed by atoms with E-state index in [1.807, 2.05) is 29.2 Å². The van der Waals surface area contributed by atoms with Crippen LogP contribution in [0.15, 0.2) is 45.8 Å². The third-order valence-corrected chi connectivity index (χ3v) is 6.08. The van der Waals surface area contributed by atoms with Crippen LogP contribution in [-0.2, 0) is 13.1 Å². The molecule has 1 unspecified atom stereocenters. The Morgan fingerprint density at radius 3 is 2.71 bits per heavy atom. The maximum Gasteiger partial charge on any atom is 0.252 e. The third-order valence-electron chi connectivity index (χ3n) is 6.08. The fourth-order valence-electron chi connectivity index (χ4n) is 4.54. The van der Waals surface area contributed by atoms with Crippen LogP contribution in [0.1, 0.15) is 37.0 Å². The molecule has 0 bridgehead atoms. The number of tetrazole rings is 1. The molecule has 0 amide bonds. The van der Waals surface area contributed by atoms with Crippen molar-refractivity contribution in [3.63, 3.8) is 0 Å². The van der Waals surface area contributed by atoms with Gasteiger partial charge in [-0.1, -0.05) is 13.8 Å². The van der Waals surface area contributed by atoms with Crippen molar-refractivity contribution in [2.45, 2.75) is 33.0 Å². The summed E-state index contributed by atoms with van der Waals surface area (Å²) in [6.45, 7) is 6.05. The molecule has 0 radical (unpaired) electrons. The molecule has 184 valence electrons. The average molecular weight is 481 g/mol. The Hall–Kier alpha value is -3.70. The van der Waals surface area contributed by atoms with E-state index in [9.17, 15) is 9.90 Å². The van der Waals surface area contributed by atoms with Gasteiger partial charge < -0.3 is 24.0 Å². The highest BCUT2D eigenvalue weighted by Gasteiger charge is 2.30. The van der Waals surface area contributed by atoms with Crippen LogP contribution < -0.4 is 15.0 Å². The summed E-state index contributed by atoms with van der Waals surface area (Å²) in [6, 6.07) is 8.97. The van der Waals surface area contributed by atoms with Gasteiger partial charge in [0.25, 0.3) is 5.56 Å². The third kappa shape index (κ3) is 4.77. The number of aromatic amines is 1. The van der Waals surface area contributed by atoms with Crippen molar-refractivity contribution in [1.82, 2.24) is 30.1 Å². The molecule has 0 fully saturated rings. The van der Waals surface area contributed by atoms with Gasteiger partial charge in [-0.3, -0.25) is 9.69 Å². The van der Waals surface area contributed by atoms with E-state index < -0.39 is 0 Å². The minimum absolute atomic E-state index is 0.0762. The number of pyridine rings is 1. The molecule has 35 heavy (non-hydrogen) atoms. The molecule has 4 heterocycles. The van der Waals surface area contributed by atoms with Gasteiger partial charge in [-0.2, -0.15) is 0 Å². The quantitative estimate of drug-likeness (QED) is 0.370. The highest BCUT2D eigenvalue weighted by atomic mass is 16.6. The molecule has 5 rings (SSSR count). The van der Waals surface area contributed by atoms with Crippen molar-refractivity contribution in [3.8, 4) is 11.5 Å². The van der Waals surface area contributed by atoms with E-state index in [-0.39, 0.29) is 24.1 Å². The molecular formula is C24H28N6O5. The normalized spacial score (nSPS) is 14.2. The number of aromatic nitrogens is 5. The van der Waals surface area contributed by atoms with Gasteiger partial charge in [0, 0.05) is 30.1 Å². The highest BCUT2D eigenvalue weighted by molar-refractivity contribution is 5.83. The van der Waals surface area contributed by atoms with E-state index in [0.29, 0.717) is 61.3 Å². The lowest BCUT2D eigenvalue weighted by atomic mass is 10.0. The van der Waals surface area contributed by atoms with Crippen molar-refractivity contribution in [2.75, 3.05) is 26.4 Å². The number of hydrogen-bond acceptors (Lipinski definition) is 9. The van der Waals surface area contributed by atoms with Crippen LogP contribution in [0.5, 0.6) is 11.5 Å². The molecule has 1 aliphatic heterocycles. The fourth-order valence-corrected chi connectivity index (χ4v) is 4.54. The molecule has 2 N–H and O–H groups in total. The summed E-state index contributed by atoms with van der Waals surface area (Å²) in [7, 11) is 0. The first-order valence-electron chi connectivity index (χ1n) is 11.6. The first-order chi connectivity index (χ1) is 17.0. The molecule has 11 heteroatoms. The summed E-state index contributed by atoms with van der Waals surface area (Å²) in [4.78, 5) is 18.0. The monoisotopic (exact) mass is 480 g/mol. The topological polar surface area (TPSA) is 132 Å². The van der Waals surface area contributed by atoms with E-state index in [2.05, 4.69) is 34.4 Å². The second kappa shape index (κ2) is 9.88. The molecule has 0 saturated carbocycles. The Kier molecular flexibility index (Phi) is 6.51. The second-order valence-electron chi connectivity index (χ2n) is 8.86. The van der Waals surface area contributed by atoms with Crippen molar-refractivity contribution >= 4 is 10.9 Å². The van der Waals surface area contributed by atoms with Crippen molar-refractivity contribution in [3.05, 3.63) is 64.1 Å². The second-order valence-corrected chi connectivity index (χ2v) is 8.86. The van der Waals surface area contributed by atoms with Crippen LogP contribution in [0.4, 0.5) is 0 Å². The van der Waals surface area contributed by atoms with E-state index in [4.69, 9.17) is 13.9 Å². The molecule has 1 atom stereocenters. The number of hydrogen-bond donors (Lipinski definition) is 2. The van der Waals surface area contributed by atoms with Gasteiger partial charge in [0.1, 0.15) is 25.5 Å². The Morgan fingerprint density at radius 1 is 1.20 bits per heavy atom. The molecular weight excluding hydrogens is 452 g/mol. The lowest BCUT2D eigenvalue weighted by Gasteiger charge is -2.33. The minimum atomic E-state index is -0.248. The minimum Gasteiger partial charge on any atom is -0.486 e. The SMILES string of the molecule is CC(C)C(c1nnnn1Cc1ccco1)N(CCO)Cc1cc2cc3c(cc2[nH]c1=O)OCCO3. The largest absolute Gasteiger partial charge is 0.486 e. The number of nitrogens with zero attached hydrogens (tertiary/aromatic N) is 5. The van der Waals surface area contributed by atoms with Gasteiger partial charge in [-0.25, -0.2) is 4.68 Å². The summed E-state index contributed by atoms with van der Waals surface area (Å²) in [6.07, 6.45) is 1.61. The van der Waals surface area contributed by atoms with E-state index in [0.717, 1.165) is 11.1 Å². The van der Waals surface area contributed by atoms with Crippen LogP contribution in [0.2, 0.25) is 0 Å². The summed E-state index contributed by atoms with van der Waals surface area (Å²) in [5, 5.41) is 23.1. The Labute approximate surface area is 201 Å². The fraction of sp³-hybridized carbons (Fsp3) is 0.417. The van der Waals surface area contributed by atoms with Gasteiger partial charge in [0.2, 0.25) is 0 Å². The molecule has 11 nitrogen and oxygen atoms in total. The molecule has 0 spiro atoms. The number of ether oxygens (including phenoxy) is 2. The van der Waals surface area contributed by atoms with Gasteiger partial charge in [0.15, 0.2) is 17.3 Å². The number of fused-ring (bicyclic) bond motifs is 2. The number of benzene rings is 1. The molecule has 1 aliphatic rings. The zero-order chi connectivity index (χ0) is 24.4. The van der Waals surface area contributed by atoms with Crippen LogP contribution in [0, 0.1) is 5.92 Å². The zero-order valence-electron chi connectivity index (χ0n) is 19.7. The molecule has 4 aromatic rings. The van der Waals surface area contributed by atoms with Crippen LogP contribution >= 0.6 is 0 Å². The summed E-state index contributed by atoms with van der Waals surface area (Å²) < 4.78 is 18.5. The van der Waals surface area contributed by atoms with Crippen molar-refractivity contribution in [1.29, 1.82) is 0 Å². The number of furan rings is 1. The number of nitrogens with one attached hydrogen (secondary N) is 1. The lowest BCUT2D eigenvalue weighted by molar-refractivity contribution is 0.105. The summed E-state index contributed by atoms with van der Waals surface area (Å²) in [5.74, 6) is 2.75. The van der Waals surface area contributed by atoms with Crippen LogP contribution in [0.25, 0.3) is 10.9 Å². The summed E-state index contributed by atoms with van der Waals surface area (Å²) in [5.41, 5.74) is 1.05. The first kappa shape index (κ1) is 23.1. The maximum atomic E-state index is 13.0. The Morgan fingerprint density at radius 2 is 2.00 bits per heavy atom. The molecule has 0 saturated heterocycles. The molecule has 3 aromatic heterocycles. The standard InChI is InChI=1S/C24H28N6O5/c1-15(2)22(23-26-27-28-30(23)14-18-4-3-7-33-18)29(5-6-31)13-17-10-16-11-20-21(35-9-8-34-20)12-19(16)25-24(17)32/h3-4,7,10-12,15,22,31H,5-6,8-9,13-14H2,1-2H3,(H,25,32). The smallest absolute Gasteiger partial charge is 0.252 e. The van der Waals surface area contributed by atoms with Crippen LogP contribution in [-0.4, -0.2) is 61.6 Å². The van der Waals surface area contributed by atoms with Gasteiger partial charge >= 0.3 is 0 Å². The predicted molar refractivity (Wildman–Crippen MR) is 126 cm³/mol. The summed E-state index contributed by atoms with van der Waals surface area (Å²) >= 11 is 0. The van der Waals surface area contributed by atoms with E-state index in [1.165, 1.54) is 0 Å². The average Bonchev–Trinajstić information content (AvgIpc) is 3.51. The van der Waals surface area contributed by atoms with Crippen molar-refractivity contribution < 1.29 is 19.0 Å². The Bertz CT molecular complexity index is 1350. The van der Waals surface area contributed by atoms with E-state index >= 15 is 0 Å². The lowest BCUT2D eigenvalue weighted by Crippen LogP contribution is -2.37. The van der Waals surface area contributed by atoms with Crippen molar-refractivity contribution in [2.24, 2.45) is 5.92 Å².